The SMILES string of the molecule is COC(=O)c1ccc(C#N)c(OCc2cc(F)ccc2C(F)(F)F)c1. The van der Waals surface area contributed by atoms with E-state index in [0.29, 0.717) is 18.2 Å². The third kappa shape index (κ3) is 4.26. The van der Waals surface area contributed by atoms with Gasteiger partial charge in [0.1, 0.15) is 24.2 Å². The summed E-state index contributed by atoms with van der Waals surface area (Å²) >= 11 is 0. The molecule has 0 saturated heterocycles. The van der Waals surface area contributed by atoms with Gasteiger partial charge in [0.15, 0.2) is 0 Å². The van der Waals surface area contributed by atoms with E-state index in [9.17, 15) is 22.4 Å². The zero-order valence-corrected chi connectivity index (χ0v) is 12.9. The topological polar surface area (TPSA) is 59.3 Å². The van der Waals surface area contributed by atoms with Gasteiger partial charge in [-0.05, 0) is 36.4 Å². The fraction of sp³-hybridized carbons (Fsp3) is 0.176. The molecule has 4 nitrogen and oxygen atoms in total. The minimum absolute atomic E-state index is 0.0117. The summed E-state index contributed by atoms with van der Waals surface area (Å²) in [4.78, 5) is 11.5. The fourth-order valence-electron chi connectivity index (χ4n) is 2.09. The quantitative estimate of drug-likeness (QED) is 0.614. The smallest absolute Gasteiger partial charge is 0.416 e. The first-order valence-corrected chi connectivity index (χ1v) is 6.87. The molecular weight excluding hydrogens is 342 g/mol. The van der Waals surface area contributed by atoms with Crippen molar-refractivity contribution in [3.8, 4) is 11.8 Å². The maximum absolute atomic E-state index is 13.3. The second kappa shape index (κ2) is 7.21. The number of rotatable bonds is 4. The number of alkyl halides is 3. The molecule has 0 aliphatic heterocycles. The van der Waals surface area contributed by atoms with E-state index in [-0.39, 0.29) is 16.9 Å². The summed E-state index contributed by atoms with van der Waals surface area (Å²) < 4.78 is 62.0. The van der Waals surface area contributed by atoms with E-state index in [0.717, 1.165) is 7.11 Å². The number of hydrogen-bond donors (Lipinski definition) is 0. The van der Waals surface area contributed by atoms with Crippen LogP contribution < -0.4 is 4.74 Å². The number of halogens is 4. The average molecular weight is 353 g/mol. The van der Waals surface area contributed by atoms with Crippen molar-refractivity contribution in [3.05, 3.63) is 64.5 Å². The predicted molar refractivity (Wildman–Crippen MR) is 78.2 cm³/mol. The number of nitriles is 1. The fourth-order valence-corrected chi connectivity index (χ4v) is 2.09. The van der Waals surface area contributed by atoms with Gasteiger partial charge in [-0.2, -0.15) is 18.4 Å². The third-order valence-corrected chi connectivity index (χ3v) is 3.28. The molecule has 0 saturated carbocycles. The minimum Gasteiger partial charge on any atom is -0.487 e. The van der Waals surface area contributed by atoms with E-state index in [1.165, 1.54) is 18.2 Å². The molecule has 0 heterocycles. The van der Waals surface area contributed by atoms with Gasteiger partial charge in [0, 0.05) is 5.56 Å². The van der Waals surface area contributed by atoms with E-state index in [2.05, 4.69) is 4.74 Å². The van der Waals surface area contributed by atoms with Crippen LogP contribution in [0.25, 0.3) is 0 Å². The number of carbonyl (C=O) groups excluding carboxylic acids is 1. The zero-order valence-electron chi connectivity index (χ0n) is 12.9. The van der Waals surface area contributed by atoms with Gasteiger partial charge in [0.25, 0.3) is 0 Å². The van der Waals surface area contributed by atoms with Crippen LogP contribution in [0.4, 0.5) is 17.6 Å². The lowest BCUT2D eigenvalue weighted by atomic mass is 10.1. The van der Waals surface area contributed by atoms with Crippen molar-refractivity contribution in [1.82, 2.24) is 0 Å². The molecule has 0 fully saturated rings. The number of carbonyl (C=O) groups is 1. The Bertz CT molecular complexity index is 841. The van der Waals surface area contributed by atoms with Gasteiger partial charge in [0.05, 0.1) is 23.8 Å². The number of benzene rings is 2. The molecule has 8 heteroatoms. The van der Waals surface area contributed by atoms with Crippen molar-refractivity contribution < 1.29 is 31.8 Å². The van der Waals surface area contributed by atoms with Gasteiger partial charge in [-0.25, -0.2) is 9.18 Å². The first-order chi connectivity index (χ1) is 11.8. The number of methoxy groups -OCH3 is 1. The lowest BCUT2D eigenvalue weighted by Gasteiger charge is -2.14. The van der Waals surface area contributed by atoms with Crippen molar-refractivity contribution in [2.75, 3.05) is 7.11 Å². The number of nitrogens with zero attached hydrogens (tertiary/aromatic N) is 1. The molecule has 0 bridgehead atoms. The zero-order chi connectivity index (χ0) is 18.6. The Labute approximate surface area is 140 Å². The Balaban J connectivity index is 2.34. The molecule has 2 rings (SSSR count). The lowest BCUT2D eigenvalue weighted by molar-refractivity contribution is -0.138. The molecule has 0 amide bonds. The Morgan fingerprint density at radius 3 is 2.52 bits per heavy atom. The van der Waals surface area contributed by atoms with E-state index in [1.54, 1.807) is 6.07 Å². The lowest BCUT2D eigenvalue weighted by Crippen LogP contribution is -2.12. The summed E-state index contributed by atoms with van der Waals surface area (Å²) in [5, 5.41) is 9.04. The highest BCUT2D eigenvalue weighted by molar-refractivity contribution is 5.90. The normalized spacial score (nSPS) is 10.9. The van der Waals surface area contributed by atoms with Crippen molar-refractivity contribution in [2.45, 2.75) is 12.8 Å². The predicted octanol–water partition coefficient (Wildman–Crippen LogP) is 4.08. The van der Waals surface area contributed by atoms with Crippen LogP contribution in [-0.2, 0) is 17.5 Å². The number of esters is 1. The first-order valence-electron chi connectivity index (χ1n) is 6.87. The Morgan fingerprint density at radius 2 is 1.92 bits per heavy atom. The van der Waals surface area contributed by atoms with Crippen LogP contribution in [0, 0.1) is 17.1 Å². The summed E-state index contributed by atoms with van der Waals surface area (Å²) in [6.07, 6.45) is -4.68. The molecule has 0 aliphatic rings. The Kier molecular flexibility index (Phi) is 5.27. The number of hydrogen-bond acceptors (Lipinski definition) is 4. The van der Waals surface area contributed by atoms with Gasteiger partial charge in [-0.3, -0.25) is 0 Å². The summed E-state index contributed by atoms with van der Waals surface area (Å²) in [6.45, 7) is -0.633. The van der Waals surface area contributed by atoms with Gasteiger partial charge < -0.3 is 9.47 Å². The van der Waals surface area contributed by atoms with Crippen LogP contribution in [0.15, 0.2) is 36.4 Å². The minimum atomic E-state index is -4.68. The molecule has 0 spiro atoms. The monoisotopic (exact) mass is 353 g/mol. The molecule has 0 unspecified atom stereocenters. The molecule has 2 aromatic rings. The van der Waals surface area contributed by atoms with Crippen LogP contribution >= 0.6 is 0 Å². The van der Waals surface area contributed by atoms with Crippen LogP contribution in [0.3, 0.4) is 0 Å². The molecule has 0 aliphatic carbocycles. The second-order valence-electron chi connectivity index (χ2n) is 4.90. The van der Waals surface area contributed by atoms with E-state index < -0.39 is 35.7 Å². The van der Waals surface area contributed by atoms with Gasteiger partial charge in [-0.15, -0.1) is 0 Å². The molecule has 0 aromatic heterocycles. The van der Waals surface area contributed by atoms with E-state index >= 15 is 0 Å². The van der Waals surface area contributed by atoms with Crippen LogP contribution in [-0.4, -0.2) is 13.1 Å². The van der Waals surface area contributed by atoms with Crippen molar-refractivity contribution >= 4 is 5.97 Å². The summed E-state index contributed by atoms with van der Waals surface area (Å²) in [7, 11) is 1.16. The second-order valence-corrected chi connectivity index (χ2v) is 4.90. The van der Waals surface area contributed by atoms with Gasteiger partial charge >= 0.3 is 12.1 Å². The average Bonchev–Trinajstić information content (AvgIpc) is 2.57. The molecule has 25 heavy (non-hydrogen) atoms. The molecular formula is C17H11F4NO3. The Morgan fingerprint density at radius 1 is 1.20 bits per heavy atom. The molecule has 2 aromatic carbocycles. The van der Waals surface area contributed by atoms with Crippen molar-refractivity contribution in [1.29, 1.82) is 5.26 Å². The summed E-state index contributed by atoms with van der Waals surface area (Å²) in [5.74, 6) is -1.66. The maximum atomic E-state index is 13.3. The van der Waals surface area contributed by atoms with E-state index in [1.807, 2.05) is 0 Å². The van der Waals surface area contributed by atoms with Crippen molar-refractivity contribution in [2.24, 2.45) is 0 Å². The maximum Gasteiger partial charge on any atom is 0.416 e. The molecule has 0 N–H and O–H groups in total. The number of ether oxygens (including phenoxy) is 2. The highest BCUT2D eigenvalue weighted by atomic mass is 19.4. The van der Waals surface area contributed by atoms with E-state index in [4.69, 9.17) is 10.00 Å². The van der Waals surface area contributed by atoms with Crippen LogP contribution in [0.1, 0.15) is 27.0 Å². The van der Waals surface area contributed by atoms with Gasteiger partial charge in [-0.1, -0.05) is 0 Å². The first kappa shape index (κ1) is 18.3. The molecule has 0 radical (unpaired) electrons. The molecule has 0 atom stereocenters. The summed E-state index contributed by atoms with van der Waals surface area (Å²) in [5.41, 5.74) is -1.40. The highest BCUT2D eigenvalue weighted by Gasteiger charge is 2.33. The summed E-state index contributed by atoms with van der Waals surface area (Å²) in [6, 6.07) is 7.59. The van der Waals surface area contributed by atoms with Crippen LogP contribution in [0.2, 0.25) is 0 Å². The molecule has 130 valence electrons. The Hall–Kier alpha value is -3.08. The third-order valence-electron chi connectivity index (χ3n) is 3.28. The van der Waals surface area contributed by atoms with Gasteiger partial charge in [0.2, 0.25) is 0 Å². The standard InChI is InChI=1S/C17H11F4NO3/c1-24-16(23)10-2-3-11(8-22)15(7-10)25-9-12-6-13(18)4-5-14(12)17(19,20)21/h2-7H,9H2,1H3. The van der Waals surface area contributed by atoms with Crippen molar-refractivity contribution in [3.63, 3.8) is 0 Å². The largest absolute Gasteiger partial charge is 0.487 e. The highest BCUT2D eigenvalue weighted by Crippen LogP contribution is 2.33. The van der Waals surface area contributed by atoms with Crippen LogP contribution in [0.5, 0.6) is 5.75 Å².